The van der Waals surface area contributed by atoms with Crippen molar-refractivity contribution in [2.75, 3.05) is 25.4 Å². The zero-order chi connectivity index (χ0) is 19.5. The van der Waals surface area contributed by atoms with Crippen molar-refractivity contribution in [3.8, 4) is 5.75 Å². The Hall–Kier alpha value is -2.73. The largest absolute Gasteiger partial charge is 0.492 e. The molecule has 1 aromatic heterocycles. The Morgan fingerprint density at radius 2 is 1.86 bits per heavy atom. The van der Waals surface area contributed by atoms with Gasteiger partial charge in [-0.1, -0.05) is 35.9 Å². The molecule has 0 aliphatic heterocycles. The first-order valence-corrected chi connectivity index (χ1v) is 9.56. The van der Waals surface area contributed by atoms with Crippen LogP contribution in [0.15, 0.2) is 60.7 Å². The van der Waals surface area contributed by atoms with Crippen molar-refractivity contribution in [3.63, 3.8) is 0 Å². The summed E-state index contributed by atoms with van der Waals surface area (Å²) in [7, 11) is 0. The highest BCUT2D eigenvalue weighted by Crippen LogP contribution is 2.28. The van der Waals surface area contributed by atoms with Crippen LogP contribution in [-0.2, 0) is 0 Å². The van der Waals surface area contributed by atoms with Crippen LogP contribution >= 0.6 is 11.6 Å². The van der Waals surface area contributed by atoms with Crippen LogP contribution in [0.1, 0.15) is 11.7 Å². The molecule has 0 bridgehead atoms. The summed E-state index contributed by atoms with van der Waals surface area (Å²) in [6.45, 7) is 1.53. The number of hydrogen-bond donors (Lipinski definition) is 4. The number of nitrogens with one attached hydrogen (secondary N) is 2. The lowest BCUT2D eigenvalue weighted by Crippen LogP contribution is -2.26. The van der Waals surface area contributed by atoms with E-state index in [2.05, 4.69) is 28.5 Å². The molecule has 6 heteroatoms. The van der Waals surface area contributed by atoms with E-state index in [0.717, 1.165) is 22.3 Å². The van der Waals surface area contributed by atoms with E-state index in [1.54, 1.807) is 18.2 Å². The first kappa shape index (κ1) is 18.6. The predicted octanol–water partition coefficient (Wildman–Crippen LogP) is 4.26. The van der Waals surface area contributed by atoms with Gasteiger partial charge in [-0.05, 0) is 35.9 Å². The average molecular weight is 396 g/mol. The average Bonchev–Trinajstić information content (AvgIpc) is 3.07. The number of hydrogen-bond acceptors (Lipinski definition) is 4. The summed E-state index contributed by atoms with van der Waals surface area (Å²) in [4.78, 5) is 3.41. The summed E-state index contributed by atoms with van der Waals surface area (Å²) < 4.78 is 5.83. The fraction of sp³-hybridized carbons (Fsp3) is 0.182. The Morgan fingerprint density at radius 1 is 1.04 bits per heavy atom. The highest BCUT2D eigenvalue weighted by molar-refractivity contribution is 6.33. The van der Waals surface area contributed by atoms with Crippen LogP contribution in [0.5, 0.6) is 5.75 Å². The fourth-order valence-electron chi connectivity index (χ4n) is 3.29. The van der Waals surface area contributed by atoms with Gasteiger partial charge in [0.25, 0.3) is 0 Å². The molecule has 0 fully saturated rings. The Bertz CT molecular complexity index is 1110. The third kappa shape index (κ3) is 3.92. The standard InChI is InChI=1S/C22H22ClN3O2/c23-18-8-5-14(11-19(18)24)22(27)13-25-9-10-28-15-6-7-17-16-3-1-2-4-20(16)26-21(17)12-15/h1-8,11-12,22,25-27H,9-10,13,24H2/t22-/m0/s1. The number of benzene rings is 3. The summed E-state index contributed by atoms with van der Waals surface area (Å²) in [6, 6.07) is 19.5. The lowest BCUT2D eigenvalue weighted by molar-refractivity contribution is 0.172. The van der Waals surface area contributed by atoms with Crippen molar-refractivity contribution in [2.45, 2.75) is 6.10 Å². The minimum absolute atomic E-state index is 0.408. The van der Waals surface area contributed by atoms with Gasteiger partial charge in [0.05, 0.1) is 22.3 Å². The van der Waals surface area contributed by atoms with Crippen molar-refractivity contribution in [2.24, 2.45) is 0 Å². The monoisotopic (exact) mass is 395 g/mol. The molecule has 28 heavy (non-hydrogen) atoms. The number of nitrogen functional groups attached to an aromatic ring is 1. The van der Waals surface area contributed by atoms with Crippen LogP contribution in [0.2, 0.25) is 5.02 Å². The number of para-hydroxylation sites is 1. The molecule has 4 rings (SSSR count). The van der Waals surface area contributed by atoms with Crippen LogP contribution in [0.3, 0.4) is 0 Å². The topological polar surface area (TPSA) is 83.3 Å². The SMILES string of the molecule is Nc1cc([C@@H](O)CNCCOc2ccc3c(c2)[nH]c2ccccc23)ccc1Cl. The molecule has 1 atom stereocenters. The number of nitrogens with two attached hydrogens (primary N) is 1. The highest BCUT2D eigenvalue weighted by Gasteiger charge is 2.09. The number of aromatic amines is 1. The van der Waals surface area contributed by atoms with Crippen LogP contribution in [0, 0.1) is 0 Å². The van der Waals surface area contributed by atoms with Crippen LogP contribution in [-0.4, -0.2) is 29.8 Å². The molecule has 5 nitrogen and oxygen atoms in total. The van der Waals surface area contributed by atoms with Crippen LogP contribution in [0.4, 0.5) is 5.69 Å². The number of aliphatic hydroxyl groups excluding tert-OH is 1. The third-order valence-electron chi connectivity index (χ3n) is 4.77. The second kappa shape index (κ2) is 8.10. The molecule has 0 amide bonds. The normalized spacial score (nSPS) is 12.5. The minimum atomic E-state index is -0.651. The molecule has 144 valence electrons. The van der Waals surface area contributed by atoms with Crippen LogP contribution in [0.25, 0.3) is 21.8 Å². The zero-order valence-corrected chi connectivity index (χ0v) is 16.0. The number of halogens is 1. The maximum atomic E-state index is 10.2. The van der Waals surface area contributed by atoms with Gasteiger partial charge in [-0.3, -0.25) is 0 Å². The van der Waals surface area contributed by atoms with E-state index < -0.39 is 6.10 Å². The summed E-state index contributed by atoms with van der Waals surface area (Å²) in [5.74, 6) is 0.812. The molecule has 0 saturated heterocycles. The summed E-state index contributed by atoms with van der Waals surface area (Å²) in [5.41, 5.74) is 9.16. The number of ether oxygens (including phenoxy) is 1. The van der Waals surface area contributed by atoms with E-state index >= 15 is 0 Å². The predicted molar refractivity (Wildman–Crippen MR) is 115 cm³/mol. The van der Waals surface area contributed by atoms with Gasteiger partial charge >= 0.3 is 0 Å². The first-order valence-electron chi connectivity index (χ1n) is 9.19. The number of aliphatic hydroxyl groups is 1. The zero-order valence-electron chi connectivity index (χ0n) is 15.3. The molecular formula is C22H22ClN3O2. The molecule has 4 aromatic rings. The van der Waals surface area contributed by atoms with E-state index in [1.165, 1.54) is 10.8 Å². The van der Waals surface area contributed by atoms with Crippen molar-refractivity contribution in [1.29, 1.82) is 0 Å². The van der Waals surface area contributed by atoms with Gasteiger partial charge in [0.1, 0.15) is 12.4 Å². The molecule has 0 spiro atoms. The summed E-state index contributed by atoms with van der Waals surface area (Å²) >= 11 is 5.91. The van der Waals surface area contributed by atoms with E-state index in [-0.39, 0.29) is 0 Å². The maximum Gasteiger partial charge on any atom is 0.121 e. The molecule has 0 saturated carbocycles. The number of anilines is 1. The van der Waals surface area contributed by atoms with Crippen molar-refractivity contribution in [3.05, 3.63) is 71.2 Å². The number of H-pyrrole nitrogens is 1. The second-order valence-electron chi connectivity index (χ2n) is 6.73. The van der Waals surface area contributed by atoms with Crippen molar-refractivity contribution in [1.82, 2.24) is 10.3 Å². The van der Waals surface area contributed by atoms with E-state index in [9.17, 15) is 5.11 Å². The number of rotatable bonds is 7. The molecule has 0 aliphatic carbocycles. The first-order chi connectivity index (χ1) is 13.6. The maximum absolute atomic E-state index is 10.2. The van der Waals surface area contributed by atoms with E-state index in [4.69, 9.17) is 22.1 Å². The Balaban J connectivity index is 1.29. The van der Waals surface area contributed by atoms with Gasteiger partial charge < -0.3 is 25.9 Å². The quantitative estimate of drug-likeness (QED) is 0.278. The van der Waals surface area contributed by atoms with Gasteiger partial charge in [0.15, 0.2) is 0 Å². The van der Waals surface area contributed by atoms with Crippen molar-refractivity contribution >= 4 is 39.1 Å². The smallest absolute Gasteiger partial charge is 0.121 e. The molecule has 0 radical (unpaired) electrons. The van der Waals surface area contributed by atoms with Crippen molar-refractivity contribution < 1.29 is 9.84 Å². The lowest BCUT2D eigenvalue weighted by Gasteiger charge is -2.13. The second-order valence-corrected chi connectivity index (χ2v) is 7.13. The number of fused-ring (bicyclic) bond motifs is 3. The summed E-state index contributed by atoms with van der Waals surface area (Å²) in [5, 5.41) is 16.3. The van der Waals surface area contributed by atoms with Crippen LogP contribution < -0.4 is 15.8 Å². The van der Waals surface area contributed by atoms with Gasteiger partial charge in [0.2, 0.25) is 0 Å². The molecule has 5 N–H and O–H groups in total. The Labute approximate surface area is 168 Å². The van der Waals surface area contributed by atoms with Gasteiger partial charge in [-0.2, -0.15) is 0 Å². The molecule has 0 unspecified atom stereocenters. The fourth-order valence-corrected chi connectivity index (χ4v) is 3.41. The van der Waals surface area contributed by atoms with E-state index in [0.29, 0.717) is 30.4 Å². The summed E-state index contributed by atoms with van der Waals surface area (Å²) in [6.07, 6.45) is -0.651. The lowest BCUT2D eigenvalue weighted by atomic mass is 10.1. The highest BCUT2D eigenvalue weighted by atomic mass is 35.5. The number of aromatic nitrogens is 1. The molecular weight excluding hydrogens is 374 g/mol. The van der Waals surface area contributed by atoms with Gasteiger partial charge in [0, 0.05) is 35.4 Å². The molecule has 3 aromatic carbocycles. The Morgan fingerprint density at radius 3 is 2.71 bits per heavy atom. The van der Waals surface area contributed by atoms with Gasteiger partial charge in [-0.25, -0.2) is 0 Å². The van der Waals surface area contributed by atoms with Gasteiger partial charge in [-0.15, -0.1) is 0 Å². The molecule has 1 heterocycles. The molecule has 0 aliphatic rings. The minimum Gasteiger partial charge on any atom is -0.492 e. The van der Waals surface area contributed by atoms with E-state index in [1.807, 2.05) is 24.3 Å². The third-order valence-corrected chi connectivity index (χ3v) is 5.11. The Kier molecular flexibility index (Phi) is 5.39.